The van der Waals surface area contributed by atoms with Gasteiger partial charge in [0.1, 0.15) is 5.82 Å². The number of nitrogens with one attached hydrogen (secondary N) is 1. The van der Waals surface area contributed by atoms with Gasteiger partial charge in [-0.2, -0.15) is 0 Å². The number of nitrogens with zero attached hydrogens (tertiary/aromatic N) is 1. The van der Waals surface area contributed by atoms with Crippen LogP contribution in [0, 0.1) is 5.82 Å². The van der Waals surface area contributed by atoms with Crippen molar-refractivity contribution in [2.45, 2.75) is 25.5 Å². The van der Waals surface area contributed by atoms with Gasteiger partial charge in [-0.3, -0.25) is 16.2 Å². The van der Waals surface area contributed by atoms with Crippen molar-refractivity contribution < 1.29 is 9.13 Å². The molecule has 3 N–H and O–H groups in total. The average molecular weight is 346 g/mol. The maximum absolute atomic E-state index is 13.9. The van der Waals surface area contributed by atoms with Crippen molar-refractivity contribution in [2.24, 2.45) is 5.84 Å². The Morgan fingerprint density at radius 3 is 3.05 bits per heavy atom. The highest BCUT2D eigenvalue weighted by Crippen LogP contribution is 2.19. The maximum atomic E-state index is 13.9. The van der Waals surface area contributed by atoms with E-state index in [0.29, 0.717) is 18.6 Å². The summed E-state index contributed by atoms with van der Waals surface area (Å²) < 4.78 is 20.4. The van der Waals surface area contributed by atoms with E-state index in [4.69, 9.17) is 10.6 Å². The van der Waals surface area contributed by atoms with Crippen LogP contribution in [0.3, 0.4) is 0 Å². The molecule has 1 saturated heterocycles. The van der Waals surface area contributed by atoms with Gasteiger partial charge < -0.3 is 4.74 Å². The molecule has 0 saturated carbocycles. The van der Waals surface area contributed by atoms with Gasteiger partial charge in [-0.15, -0.1) is 0 Å². The van der Waals surface area contributed by atoms with E-state index in [1.165, 1.54) is 6.07 Å². The summed E-state index contributed by atoms with van der Waals surface area (Å²) in [5, 5.41) is 0. The number of morpholine rings is 1. The Balaban J connectivity index is 2.04. The normalized spacial score (nSPS) is 21.9. The lowest BCUT2D eigenvalue weighted by Crippen LogP contribution is -2.54. The third-order valence-electron chi connectivity index (χ3n) is 3.74. The molecule has 2 atom stereocenters. The third kappa shape index (κ3) is 3.99. The number of rotatable bonds is 5. The van der Waals surface area contributed by atoms with Crippen LogP contribution in [-0.2, 0) is 11.2 Å². The van der Waals surface area contributed by atoms with E-state index in [-0.39, 0.29) is 18.0 Å². The molecule has 0 spiro atoms. The van der Waals surface area contributed by atoms with Crippen LogP contribution < -0.4 is 11.3 Å². The summed E-state index contributed by atoms with van der Waals surface area (Å²) in [7, 11) is 0. The van der Waals surface area contributed by atoms with E-state index in [1.54, 1.807) is 6.07 Å². The van der Waals surface area contributed by atoms with Gasteiger partial charge in [0, 0.05) is 17.6 Å². The Bertz CT molecular complexity index is 446. The molecule has 112 valence electrons. The lowest BCUT2D eigenvalue weighted by Gasteiger charge is -2.36. The topological polar surface area (TPSA) is 50.5 Å². The summed E-state index contributed by atoms with van der Waals surface area (Å²) in [5.41, 5.74) is 3.42. The summed E-state index contributed by atoms with van der Waals surface area (Å²) in [6, 6.07) is 5.00. The molecule has 0 aromatic heterocycles. The molecule has 2 rings (SSSR count). The number of hydrogen-bond acceptors (Lipinski definition) is 4. The van der Waals surface area contributed by atoms with Gasteiger partial charge in [0.25, 0.3) is 0 Å². The number of halogens is 2. The number of likely N-dealkylation sites (N-methyl/N-ethyl adjacent to an activating group) is 1. The number of hydrazine groups is 1. The van der Waals surface area contributed by atoms with Crippen molar-refractivity contribution >= 4 is 15.9 Å². The molecule has 1 aliphatic rings. The van der Waals surface area contributed by atoms with Crippen molar-refractivity contribution in [3.8, 4) is 0 Å². The second-order valence-corrected chi connectivity index (χ2v) is 5.93. The van der Waals surface area contributed by atoms with E-state index in [0.717, 1.165) is 24.1 Å². The SMILES string of the molecule is CCN1CCOC(C(Cc2ccc(Br)cc2F)NN)C1. The molecule has 1 fully saturated rings. The first-order valence-corrected chi connectivity index (χ1v) is 7.67. The number of nitrogens with two attached hydrogens (primary N) is 1. The van der Waals surface area contributed by atoms with Crippen LogP contribution in [0.2, 0.25) is 0 Å². The molecule has 2 unspecified atom stereocenters. The molecule has 1 heterocycles. The van der Waals surface area contributed by atoms with Crippen LogP contribution in [0.15, 0.2) is 22.7 Å². The second kappa shape index (κ2) is 7.47. The molecule has 4 nitrogen and oxygen atoms in total. The van der Waals surface area contributed by atoms with Crippen molar-refractivity contribution in [1.82, 2.24) is 10.3 Å². The fraction of sp³-hybridized carbons (Fsp3) is 0.571. The molecule has 1 aliphatic heterocycles. The maximum Gasteiger partial charge on any atom is 0.127 e. The van der Waals surface area contributed by atoms with Crippen molar-refractivity contribution in [1.29, 1.82) is 0 Å². The lowest BCUT2D eigenvalue weighted by molar-refractivity contribution is -0.0448. The predicted octanol–water partition coefficient (Wildman–Crippen LogP) is 1.68. The molecule has 0 radical (unpaired) electrons. The van der Waals surface area contributed by atoms with Crippen LogP contribution in [0.1, 0.15) is 12.5 Å². The van der Waals surface area contributed by atoms with Gasteiger partial charge in [0.15, 0.2) is 0 Å². The van der Waals surface area contributed by atoms with Crippen molar-refractivity contribution in [3.05, 3.63) is 34.1 Å². The van der Waals surface area contributed by atoms with Crippen molar-refractivity contribution in [2.75, 3.05) is 26.2 Å². The zero-order valence-corrected chi connectivity index (χ0v) is 13.2. The third-order valence-corrected chi connectivity index (χ3v) is 4.24. The first kappa shape index (κ1) is 15.9. The Hall–Kier alpha value is -0.530. The van der Waals surface area contributed by atoms with E-state index in [2.05, 4.69) is 33.2 Å². The molecular formula is C14H21BrFN3O. The summed E-state index contributed by atoms with van der Waals surface area (Å²) in [4.78, 5) is 2.32. The molecule has 1 aromatic carbocycles. The van der Waals surface area contributed by atoms with Crippen LogP contribution in [0.5, 0.6) is 0 Å². The van der Waals surface area contributed by atoms with E-state index in [1.807, 2.05) is 6.07 Å². The van der Waals surface area contributed by atoms with E-state index in [9.17, 15) is 4.39 Å². The van der Waals surface area contributed by atoms with Gasteiger partial charge in [-0.1, -0.05) is 28.9 Å². The quantitative estimate of drug-likeness (QED) is 0.629. The molecule has 1 aromatic rings. The minimum atomic E-state index is -0.220. The Labute approximate surface area is 127 Å². The van der Waals surface area contributed by atoms with Gasteiger partial charge in [0.2, 0.25) is 0 Å². The highest BCUT2D eigenvalue weighted by atomic mass is 79.9. The number of benzene rings is 1. The molecule has 0 aliphatic carbocycles. The Morgan fingerprint density at radius 1 is 1.60 bits per heavy atom. The Morgan fingerprint density at radius 2 is 2.40 bits per heavy atom. The minimum Gasteiger partial charge on any atom is -0.374 e. The van der Waals surface area contributed by atoms with Crippen LogP contribution in [0.4, 0.5) is 4.39 Å². The fourth-order valence-electron chi connectivity index (χ4n) is 2.48. The standard InChI is InChI=1S/C14H21BrFN3O/c1-2-19-5-6-20-14(9-19)13(18-17)7-10-3-4-11(15)8-12(10)16/h3-4,8,13-14,18H,2,5-7,9,17H2,1H3. The van der Waals surface area contributed by atoms with E-state index >= 15 is 0 Å². The molecular weight excluding hydrogens is 325 g/mol. The zero-order valence-electron chi connectivity index (χ0n) is 11.6. The zero-order chi connectivity index (χ0) is 14.5. The first-order chi connectivity index (χ1) is 9.63. The summed E-state index contributed by atoms with van der Waals surface area (Å²) in [6.07, 6.45) is 0.495. The van der Waals surface area contributed by atoms with Gasteiger partial charge in [-0.25, -0.2) is 4.39 Å². The highest BCUT2D eigenvalue weighted by Gasteiger charge is 2.27. The summed E-state index contributed by atoms with van der Waals surface area (Å²) in [5.74, 6) is 5.42. The van der Waals surface area contributed by atoms with Crippen molar-refractivity contribution in [3.63, 3.8) is 0 Å². The van der Waals surface area contributed by atoms with Crippen LogP contribution in [0.25, 0.3) is 0 Å². The van der Waals surface area contributed by atoms with E-state index < -0.39 is 0 Å². The summed E-state index contributed by atoms with van der Waals surface area (Å²) in [6.45, 7) is 5.57. The average Bonchev–Trinajstić information content (AvgIpc) is 2.46. The minimum absolute atomic E-state index is 0.0169. The molecule has 6 heteroatoms. The Kier molecular flexibility index (Phi) is 5.92. The van der Waals surface area contributed by atoms with Crippen LogP contribution in [-0.4, -0.2) is 43.3 Å². The largest absolute Gasteiger partial charge is 0.374 e. The smallest absolute Gasteiger partial charge is 0.127 e. The highest BCUT2D eigenvalue weighted by molar-refractivity contribution is 9.10. The lowest BCUT2D eigenvalue weighted by atomic mass is 10.00. The predicted molar refractivity (Wildman–Crippen MR) is 80.8 cm³/mol. The van der Waals surface area contributed by atoms with Gasteiger partial charge >= 0.3 is 0 Å². The fourth-order valence-corrected chi connectivity index (χ4v) is 2.82. The summed E-state index contributed by atoms with van der Waals surface area (Å²) >= 11 is 3.26. The molecule has 0 amide bonds. The number of ether oxygens (including phenoxy) is 1. The van der Waals surface area contributed by atoms with Gasteiger partial charge in [0.05, 0.1) is 18.8 Å². The molecule has 0 bridgehead atoms. The van der Waals surface area contributed by atoms with Crippen LogP contribution >= 0.6 is 15.9 Å². The molecule has 20 heavy (non-hydrogen) atoms. The second-order valence-electron chi connectivity index (χ2n) is 5.02. The monoisotopic (exact) mass is 345 g/mol. The van der Waals surface area contributed by atoms with Gasteiger partial charge in [-0.05, 0) is 30.7 Å². The first-order valence-electron chi connectivity index (χ1n) is 6.88. The number of hydrogen-bond donors (Lipinski definition) is 2.